The molecule has 2 aliphatic rings. The first kappa shape index (κ1) is 15.2. The molecule has 1 aromatic carbocycles. The number of rotatable bonds is 4. The highest BCUT2D eigenvalue weighted by molar-refractivity contribution is 5.88. The first-order chi connectivity index (χ1) is 11.8. The Kier molecular flexibility index (Phi) is 4.21. The van der Waals surface area contributed by atoms with E-state index in [0.717, 1.165) is 25.1 Å². The van der Waals surface area contributed by atoms with Crippen molar-refractivity contribution in [3.63, 3.8) is 0 Å². The summed E-state index contributed by atoms with van der Waals surface area (Å²) in [6.45, 7) is 0.731. The molecule has 2 heterocycles. The normalized spacial score (nSPS) is 23.7. The molecule has 1 aliphatic heterocycles. The van der Waals surface area contributed by atoms with Gasteiger partial charge in [-0.1, -0.05) is 18.2 Å². The van der Waals surface area contributed by atoms with Gasteiger partial charge in [0.25, 0.3) is 0 Å². The Morgan fingerprint density at radius 3 is 2.79 bits per heavy atom. The van der Waals surface area contributed by atoms with Crippen LogP contribution in [0.25, 0.3) is 5.69 Å². The van der Waals surface area contributed by atoms with Crippen LogP contribution in [0.4, 0.5) is 10.6 Å². The van der Waals surface area contributed by atoms with Gasteiger partial charge in [0, 0.05) is 24.9 Å². The van der Waals surface area contributed by atoms with Crippen LogP contribution >= 0.6 is 0 Å². The van der Waals surface area contributed by atoms with Gasteiger partial charge < -0.3 is 10.1 Å². The second kappa shape index (κ2) is 6.65. The van der Waals surface area contributed by atoms with Crippen molar-refractivity contribution < 1.29 is 9.53 Å². The minimum Gasteiger partial charge on any atom is -0.378 e. The number of carbonyl (C=O) groups excluding carboxylic acids is 1. The zero-order valence-corrected chi connectivity index (χ0v) is 13.5. The standard InChI is InChI=1S/C18H22N4O2/c23-18(19-14-9-11-24-16(12-14)13-6-7-13)20-17-8-10-22(21-17)15-4-2-1-3-5-15/h1-5,8,10,13-14,16H,6-7,9,11-12H2,(H2,19,20,21,23)/t14-,16+/m1/s1. The van der Waals surface area contributed by atoms with Crippen LogP contribution in [0.3, 0.4) is 0 Å². The van der Waals surface area contributed by atoms with Crippen molar-refractivity contribution in [3.05, 3.63) is 42.6 Å². The maximum atomic E-state index is 12.2. The van der Waals surface area contributed by atoms with Crippen LogP contribution < -0.4 is 10.6 Å². The van der Waals surface area contributed by atoms with E-state index in [9.17, 15) is 4.79 Å². The van der Waals surface area contributed by atoms with Gasteiger partial charge in [0.15, 0.2) is 5.82 Å². The Balaban J connectivity index is 1.32. The van der Waals surface area contributed by atoms with Crippen LogP contribution in [0.15, 0.2) is 42.6 Å². The SMILES string of the molecule is O=C(Nc1ccn(-c2ccccc2)n1)N[C@@H]1CCO[C@H](C2CC2)C1. The number of amides is 2. The third-order valence-electron chi connectivity index (χ3n) is 4.65. The van der Waals surface area contributed by atoms with Crippen LogP contribution in [0.1, 0.15) is 25.7 Å². The topological polar surface area (TPSA) is 68.2 Å². The van der Waals surface area contributed by atoms with Gasteiger partial charge in [0.2, 0.25) is 0 Å². The first-order valence-corrected chi connectivity index (χ1v) is 8.58. The summed E-state index contributed by atoms with van der Waals surface area (Å²) in [6.07, 6.45) is 6.47. The van der Waals surface area contributed by atoms with Gasteiger partial charge in [0.1, 0.15) is 0 Å². The van der Waals surface area contributed by atoms with Gasteiger partial charge in [-0.2, -0.15) is 0 Å². The number of para-hydroxylation sites is 1. The Bertz CT molecular complexity index is 696. The molecular weight excluding hydrogens is 304 g/mol. The molecule has 6 nitrogen and oxygen atoms in total. The number of carbonyl (C=O) groups is 1. The highest BCUT2D eigenvalue weighted by atomic mass is 16.5. The Morgan fingerprint density at radius 2 is 2.00 bits per heavy atom. The number of nitrogens with one attached hydrogen (secondary N) is 2. The van der Waals surface area contributed by atoms with Crippen molar-refractivity contribution in [2.24, 2.45) is 5.92 Å². The molecule has 2 amide bonds. The van der Waals surface area contributed by atoms with Crippen LogP contribution in [-0.2, 0) is 4.74 Å². The number of benzene rings is 1. The molecule has 2 N–H and O–H groups in total. The van der Waals surface area contributed by atoms with E-state index < -0.39 is 0 Å². The van der Waals surface area contributed by atoms with E-state index in [2.05, 4.69) is 15.7 Å². The van der Waals surface area contributed by atoms with Crippen molar-refractivity contribution in [3.8, 4) is 5.69 Å². The van der Waals surface area contributed by atoms with E-state index in [4.69, 9.17) is 4.74 Å². The predicted octanol–water partition coefficient (Wildman–Crippen LogP) is 2.95. The molecule has 1 saturated carbocycles. The molecular formula is C18H22N4O2. The number of nitrogens with zero attached hydrogens (tertiary/aromatic N) is 2. The molecule has 2 atom stereocenters. The Hall–Kier alpha value is -2.34. The van der Waals surface area contributed by atoms with Gasteiger partial charge in [0.05, 0.1) is 11.8 Å². The molecule has 2 aromatic rings. The predicted molar refractivity (Wildman–Crippen MR) is 91.2 cm³/mol. The number of urea groups is 1. The van der Waals surface area contributed by atoms with Crippen LogP contribution in [0.2, 0.25) is 0 Å². The third kappa shape index (κ3) is 3.59. The minimum absolute atomic E-state index is 0.181. The van der Waals surface area contributed by atoms with E-state index in [1.807, 2.05) is 36.5 Å². The van der Waals surface area contributed by atoms with Gasteiger partial charge in [-0.05, 0) is 43.7 Å². The number of aromatic nitrogens is 2. The first-order valence-electron chi connectivity index (χ1n) is 8.58. The lowest BCUT2D eigenvalue weighted by Crippen LogP contribution is -2.44. The Morgan fingerprint density at radius 1 is 1.17 bits per heavy atom. The van der Waals surface area contributed by atoms with Gasteiger partial charge in [-0.3, -0.25) is 5.32 Å². The van der Waals surface area contributed by atoms with Crippen molar-refractivity contribution in [2.75, 3.05) is 11.9 Å². The van der Waals surface area contributed by atoms with E-state index in [1.54, 1.807) is 10.7 Å². The van der Waals surface area contributed by atoms with Crippen molar-refractivity contribution in [2.45, 2.75) is 37.8 Å². The number of ether oxygens (including phenoxy) is 1. The van der Waals surface area contributed by atoms with Crippen molar-refractivity contribution in [1.29, 1.82) is 0 Å². The van der Waals surface area contributed by atoms with Gasteiger partial charge in [-0.15, -0.1) is 5.10 Å². The van der Waals surface area contributed by atoms with Gasteiger partial charge in [-0.25, -0.2) is 9.48 Å². The Labute approximate surface area is 141 Å². The summed E-state index contributed by atoms with van der Waals surface area (Å²) in [4.78, 5) is 12.2. The number of hydrogen-bond acceptors (Lipinski definition) is 3. The summed E-state index contributed by atoms with van der Waals surface area (Å²) in [7, 11) is 0. The molecule has 0 unspecified atom stereocenters. The zero-order valence-electron chi connectivity index (χ0n) is 13.5. The molecule has 1 saturated heterocycles. The molecule has 1 aromatic heterocycles. The largest absolute Gasteiger partial charge is 0.378 e. The van der Waals surface area contributed by atoms with Crippen LogP contribution in [0.5, 0.6) is 0 Å². The lowest BCUT2D eigenvalue weighted by molar-refractivity contribution is -0.00889. The fraction of sp³-hybridized carbons (Fsp3) is 0.444. The minimum atomic E-state index is -0.199. The summed E-state index contributed by atoms with van der Waals surface area (Å²) in [5.74, 6) is 1.25. The molecule has 4 rings (SSSR count). The summed E-state index contributed by atoms with van der Waals surface area (Å²) in [5.41, 5.74) is 0.961. The van der Waals surface area contributed by atoms with Crippen molar-refractivity contribution >= 4 is 11.8 Å². The maximum absolute atomic E-state index is 12.2. The van der Waals surface area contributed by atoms with E-state index in [-0.39, 0.29) is 12.1 Å². The third-order valence-corrected chi connectivity index (χ3v) is 4.65. The second-order valence-electron chi connectivity index (χ2n) is 6.55. The lowest BCUT2D eigenvalue weighted by Gasteiger charge is -2.30. The molecule has 6 heteroatoms. The van der Waals surface area contributed by atoms with Crippen LogP contribution in [-0.4, -0.2) is 34.6 Å². The molecule has 0 spiro atoms. The van der Waals surface area contributed by atoms with E-state index >= 15 is 0 Å². The number of anilines is 1. The van der Waals surface area contributed by atoms with E-state index in [0.29, 0.717) is 17.8 Å². The zero-order chi connectivity index (χ0) is 16.4. The average Bonchev–Trinajstić information content (AvgIpc) is 3.36. The summed E-state index contributed by atoms with van der Waals surface area (Å²) < 4.78 is 7.54. The lowest BCUT2D eigenvalue weighted by atomic mass is 10.0. The average molecular weight is 326 g/mol. The van der Waals surface area contributed by atoms with Crippen molar-refractivity contribution in [1.82, 2.24) is 15.1 Å². The fourth-order valence-corrected chi connectivity index (χ4v) is 3.21. The smallest absolute Gasteiger partial charge is 0.320 e. The summed E-state index contributed by atoms with van der Waals surface area (Å²) in [6, 6.07) is 11.6. The molecule has 1 aliphatic carbocycles. The molecule has 126 valence electrons. The molecule has 0 radical (unpaired) electrons. The van der Waals surface area contributed by atoms with E-state index in [1.165, 1.54) is 12.8 Å². The molecule has 24 heavy (non-hydrogen) atoms. The monoisotopic (exact) mass is 326 g/mol. The van der Waals surface area contributed by atoms with Gasteiger partial charge >= 0.3 is 6.03 Å². The summed E-state index contributed by atoms with van der Waals surface area (Å²) >= 11 is 0. The molecule has 2 fully saturated rings. The highest BCUT2D eigenvalue weighted by Gasteiger charge is 2.36. The molecule has 0 bridgehead atoms. The van der Waals surface area contributed by atoms with Crippen LogP contribution in [0, 0.1) is 5.92 Å². The second-order valence-corrected chi connectivity index (χ2v) is 6.55. The summed E-state index contributed by atoms with van der Waals surface area (Å²) in [5, 5.41) is 10.3. The quantitative estimate of drug-likeness (QED) is 0.907. The maximum Gasteiger partial charge on any atom is 0.320 e. The highest BCUT2D eigenvalue weighted by Crippen LogP contribution is 2.38. The fourth-order valence-electron chi connectivity index (χ4n) is 3.21. The number of hydrogen-bond donors (Lipinski definition) is 2.